The molecule has 0 saturated carbocycles. The molecule has 0 aromatic carbocycles. The quantitative estimate of drug-likeness (QED) is 0.386. The van der Waals surface area contributed by atoms with Crippen LogP contribution in [0.2, 0.25) is 0 Å². The van der Waals surface area contributed by atoms with Crippen molar-refractivity contribution >= 4 is 11.9 Å². The van der Waals surface area contributed by atoms with Gasteiger partial charge < -0.3 is 9.47 Å². The molecule has 4 heteroatoms. The van der Waals surface area contributed by atoms with Crippen LogP contribution in [0, 0.1) is 23.7 Å². The Hall–Kier alpha value is -1.32. The van der Waals surface area contributed by atoms with Gasteiger partial charge in [-0.2, -0.15) is 0 Å². The summed E-state index contributed by atoms with van der Waals surface area (Å²) in [5, 5.41) is 0. The smallest absolute Gasteiger partial charge is 0.320 e. The van der Waals surface area contributed by atoms with Gasteiger partial charge in [0.1, 0.15) is 0 Å². The Morgan fingerprint density at radius 2 is 1.32 bits per heavy atom. The van der Waals surface area contributed by atoms with Crippen molar-refractivity contribution in [2.45, 2.75) is 34.6 Å². The molecule has 0 aliphatic rings. The highest BCUT2D eigenvalue weighted by Gasteiger charge is 2.34. The van der Waals surface area contributed by atoms with Crippen LogP contribution < -0.4 is 0 Å². The molecule has 0 saturated heterocycles. The lowest BCUT2D eigenvalue weighted by Gasteiger charge is -2.20. The topological polar surface area (TPSA) is 52.6 Å². The van der Waals surface area contributed by atoms with Crippen LogP contribution in [0.5, 0.6) is 0 Å². The molecule has 0 rings (SSSR count). The Bertz CT molecular complexity index is 283. The van der Waals surface area contributed by atoms with Crippen LogP contribution in [-0.4, -0.2) is 25.2 Å². The van der Waals surface area contributed by atoms with E-state index in [2.05, 4.69) is 6.58 Å². The normalized spacial score (nSPS) is 12.6. The Morgan fingerprint density at radius 3 is 1.58 bits per heavy atom. The van der Waals surface area contributed by atoms with Crippen LogP contribution >= 0.6 is 0 Å². The Balaban J connectivity index is 4.65. The second-order valence-electron chi connectivity index (χ2n) is 5.62. The number of hydrogen-bond acceptors (Lipinski definition) is 4. The molecule has 0 heterocycles. The van der Waals surface area contributed by atoms with Crippen molar-refractivity contribution in [1.82, 2.24) is 0 Å². The molecule has 0 aliphatic heterocycles. The lowest BCUT2D eigenvalue weighted by atomic mass is 9.94. The summed E-state index contributed by atoms with van der Waals surface area (Å²) in [6.45, 7) is 13.7. The number of esters is 2. The van der Waals surface area contributed by atoms with Gasteiger partial charge in [-0.05, 0) is 17.8 Å². The van der Waals surface area contributed by atoms with Gasteiger partial charge in [0.2, 0.25) is 0 Å². The lowest BCUT2D eigenvalue weighted by molar-refractivity contribution is -0.165. The first-order valence-corrected chi connectivity index (χ1v) is 6.75. The molecule has 0 spiro atoms. The monoisotopic (exact) mass is 270 g/mol. The molecule has 0 bridgehead atoms. The van der Waals surface area contributed by atoms with Gasteiger partial charge in [-0.1, -0.05) is 40.7 Å². The van der Waals surface area contributed by atoms with Crippen LogP contribution in [0.15, 0.2) is 12.7 Å². The van der Waals surface area contributed by atoms with Crippen LogP contribution in [0.4, 0.5) is 0 Å². The van der Waals surface area contributed by atoms with Gasteiger partial charge in [0.25, 0.3) is 0 Å². The maximum Gasteiger partial charge on any atom is 0.320 e. The number of carbonyl (C=O) groups excluding carboxylic acids is 2. The minimum Gasteiger partial charge on any atom is -0.465 e. The average molecular weight is 270 g/mol. The molecule has 0 aromatic rings. The van der Waals surface area contributed by atoms with E-state index in [1.807, 2.05) is 27.7 Å². The summed E-state index contributed by atoms with van der Waals surface area (Å²) in [6, 6.07) is 0. The third-order valence-electron chi connectivity index (χ3n) is 2.52. The molecule has 0 radical (unpaired) electrons. The molecular formula is C15H26O4. The van der Waals surface area contributed by atoms with Crippen molar-refractivity contribution in [1.29, 1.82) is 0 Å². The fraction of sp³-hybridized carbons (Fsp3) is 0.733. The molecule has 110 valence electrons. The molecule has 0 amide bonds. The van der Waals surface area contributed by atoms with Gasteiger partial charge in [-0.15, -0.1) is 6.58 Å². The highest BCUT2D eigenvalue weighted by atomic mass is 16.6. The predicted octanol–water partition coefficient (Wildman–Crippen LogP) is 2.82. The molecule has 4 nitrogen and oxygen atoms in total. The summed E-state index contributed by atoms with van der Waals surface area (Å²) in [7, 11) is 0. The van der Waals surface area contributed by atoms with E-state index in [-0.39, 0.29) is 17.8 Å². The number of ether oxygens (including phenoxy) is 2. The summed E-state index contributed by atoms with van der Waals surface area (Å²) < 4.78 is 10.3. The van der Waals surface area contributed by atoms with Crippen LogP contribution in [0.25, 0.3) is 0 Å². The number of carbonyl (C=O) groups is 2. The minimum atomic E-state index is -0.921. The molecule has 0 fully saturated rings. The van der Waals surface area contributed by atoms with Crippen molar-refractivity contribution in [3.63, 3.8) is 0 Å². The van der Waals surface area contributed by atoms with Crippen molar-refractivity contribution in [3.05, 3.63) is 12.7 Å². The maximum absolute atomic E-state index is 12.0. The summed E-state index contributed by atoms with van der Waals surface area (Å²) in [4.78, 5) is 23.9. The molecule has 0 aromatic heterocycles. The molecule has 19 heavy (non-hydrogen) atoms. The molecule has 0 aliphatic carbocycles. The fourth-order valence-corrected chi connectivity index (χ4v) is 1.34. The zero-order valence-corrected chi connectivity index (χ0v) is 12.6. The van der Waals surface area contributed by atoms with E-state index in [1.165, 1.54) is 0 Å². The highest BCUT2D eigenvalue weighted by Crippen LogP contribution is 2.17. The molecular weight excluding hydrogens is 244 g/mol. The van der Waals surface area contributed by atoms with Gasteiger partial charge in [-0.25, -0.2) is 0 Å². The summed E-state index contributed by atoms with van der Waals surface area (Å²) in [5.74, 6) is -1.83. The maximum atomic E-state index is 12.0. The molecule has 1 atom stereocenters. The Labute approximate surface area is 116 Å². The standard InChI is InChI=1S/C15H26O4/c1-7-12(6)13(14(16)18-8-10(2)3)15(17)19-9-11(4)5/h7,10-13H,1,8-9H2,2-6H3. The predicted molar refractivity (Wildman–Crippen MR) is 74.4 cm³/mol. The van der Waals surface area contributed by atoms with Crippen LogP contribution in [-0.2, 0) is 19.1 Å². The van der Waals surface area contributed by atoms with E-state index in [0.717, 1.165) is 0 Å². The third kappa shape index (κ3) is 6.99. The van der Waals surface area contributed by atoms with E-state index in [0.29, 0.717) is 13.2 Å². The van der Waals surface area contributed by atoms with Gasteiger partial charge >= 0.3 is 11.9 Å². The summed E-state index contributed by atoms with van der Waals surface area (Å²) >= 11 is 0. The van der Waals surface area contributed by atoms with Gasteiger partial charge in [-0.3, -0.25) is 9.59 Å². The first kappa shape index (κ1) is 17.7. The van der Waals surface area contributed by atoms with Crippen LogP contribution in [0.1, 0.15) is 34.6 Å². The van der Waals surface area contributed by atoms with Gasteiger partial charge in [0.05, 0.1) is 13.2 Å². The average Bonchev–Trinajstić information content (AvgIpc) is 2.33. The minimum absolute atomic E-state index is 0.232. The second kappa shape index (κ2) is 8.73. The van der Waals surface area contributed by atoms with E-state index in [4.69, 9.17) is 9.47 Å². The summed E-state index contributed by atoms with van der Waals surface area (Å²) in [5.41, 5.74) is 0. The van der Waals surface area contributed by atoms with E-state index in [1.54, 1.807) is 13.0 Å². The Kier molecular flexibility index (Phi) is 8.12. The zero-order chi connectivity index (χ0) is 15.0. The molecule has 1 unspecified atom stereocenters. The number of rotatable bonds is 8. The third-order valence-corrected chi connectivity index (χ3v) is 2.52. The van der Waals surface area contributed by atoms with Crippen molar-refractivity contribution in [2.24, 2.45) is 23.7 Å². The lowest BCUT2D eigenvalue weighted by Crippen LogP contribution is -2.33. The first-order chi connectivity index (χ1) is 8.79. The largest absolute Gasteiger partial charge is 0.465 e. The summed E-state index contributed by atoms with van der Waals surface area (Å²) in [6.07, 6.45) is 1.57. The van der Waals surface area contributed by atoms with Crippen molar-refractivity contribution in [2.75, 3.05) is 13.2 Å². The SMILES string of the molecule is C=CC(C)C(C(=O)OCC(C)C)C(=O)OCC(C)C. The zero-order valence-electron chi connectivity index (χ0n) is 12.6. The Morgan fingerprint density at radius 1 is 0.947 bits per heavy atom. The number of allylic oxidation sites excluding steroid dienone is 1. The second-order valence-corrected chi connectivity index (χ2v) is 5.62. The number of hydrogen-bond donors (Lipinski definition) is 0. The fourth-order valence-electron chi connectivity index (χ4n) is 1.34. The van der Waals surface area contributed by atoms with Gasteiger partial charge in [0, 0.05) is 0 Å². The highest BCUT2D eigenvalue weighted by molar-refractivity contribution is 5.95. The van der Waals surface area contributed by atoms with E-state index in [9.17, 15) is 9.59 Å². The van der Waals surface area contributed by atoms with Crippen molar-refractivity contribution < 1.29 is 19.1 Å². The van der Waals surface area contributed by atoms with Gasteiger partial charge in [0.15, 0.2) is 5.92 Å². The first-order valence-electron chi connectivity index (χ1n) is 6.75. The van der Waals surface area contributed by atoms with Crippen molar-refractivity contribution in [3.8, 4) is 0 Å². The van der Waals surface area contributed by atoms with E-state index < -0.39 is 17.9 Å². The molecule has 0 N–H and O–H groups in total. The van der Waals surface area contributed by atoms with E-state index >= 15 is 0 Å². The van der Waals surface area contributed by atoms with Crippen LogP contribution in [0.3, 0.4) is 0 Å².